The van der Waals surface area contributed by atoms with E-state index in [1.807, 2.05) is 30.9 Å². The largest absolute Gasteiger partial charge is 0.298 e. The van der Waals surface area contributed by atoms with Crippen LogP contribution in [0, 0.1) is 4.78 Å². The third-order valence-corrected chi connectivity index (χ3v) is 1.57. The molecule has 0 amide bonds. The SMILES string of the molecule is C/C=C/[SH](C)(C)=N. The zero-order chi connectivity index (χ0) is 5.91. The molecule has 0 bridgehead atoms. The first-order valence-electron chi connectivity index (χ1n) is 2.29. The molecule has 0 atom stereocenters. The Kier molecular flexibility index (Phi) is 2.23. The minimum Gasteiger partial charge on any atom is -0.298 e. The summed E-state index contributed by atoms with van der Waals surface area (Å²) >= 11 is 0. The quantitative estimate of drug-likeness (QED) is 0.488. The predicted molar refractivity (Wildman–Crippen MR) is 38.1 cm³/mol. The lowest BCUT2D eigenvalue weighted by molar-refractivity contribution is 1.60. The topological polar surface area (TPSA) is 23.9 Å². The van der Waals surface area contributed by atoms with Crippen LogP contribution in [0.5, 0.6) is 0 Å². The molecule has 44 valence electrons. The lowest BCUT2D eigenvalue weighted by Gasteiger charge is -2.05. The van der Waals surface area contributed by atoms with E-state index in [0.717, 1.165) is 0 Å². The highest BCUT2D eigenvalue weighted by atomic mass is 32.2. The van der Waals surface area contributed by atoms with Crippen molar-refractivity contribution in [2.75, 3.05) is 12.5 Å². The van der Waals surface area contributed by atoms with Gasteiger partial charge in [0.2, 0.25) is 0 Å². The van der Waals surface area contributed by atoms with Gasteiger partial charge in [-0.3, -0.25) is 4.78 Å². The first-order valence-corrected chi connectivity index (χ1v) is 5.04. The van der Waals surface area contributed by atoms with Crippen LogP contribution in [0.3, 0.4) is 0 Å². The van der Waals surface area contributed by atoms with Gasteiger partial charge in [-0.15, -0.1) is 0 Å². The van der Waals surface area contributed by atoms with Crippen molar-refractivity contribution in [2.45, 2.75) is 6.92 Å². The molecule has 2 heteroatoms. The number of allylic oxidation sites excluding steroid dienone is 1. The molecule has 0 heterocycles. The summed E-state index contributed by atoms with van der Waals surface area (Å²) < 4.78 is 7.36. The van der Waals surface area contributed by atoms with E-state index in [4.69, 9.17) is 4.78 Å². The molecular weight excluding hydrogens is 106 g/mol. The molecule has 0 saturated heterocycles. The van der Waals surface area contributed by atoms with Crippen molar-refractivity contribution in [3.63, 3.8) is 0 Å². The fourth-order valence-electron chi connectivity index (χ4n) is 0.373. The van der Waals surface area contributed by atoms with Gasteiger partial charge < -0.3 is 0 Å². The van der Waals surface area contributed by atoms with E-state index in [-0.39, 0.29) is 0 Å². The van der Waals surface area contributed by atoms with E-state index < -0.39 is 9.82 Å². The van der Waals surface area contributed by atoms with Crippen LogP contribution < -0.4 is 0 Å². The summed E-state index contributed by atoms with van der Waals surface area (Å²) in [5.41, 5.74) is 0. The number of nitrogens with one attached hydrogen (secondary N) is 1. The van der Waals surface area contributed by atoms with Crippen LogP contribution in [0.15, 0.2) is 11.5 Å². The van der Waals surface area contributed by atoms with Gasteiger partial charge in [0.1, 0.15) is 0 Å². The Hall–Kier alpha value is -0.110. The number of thiol groups is 1. The third-order valence-electron chi connectivity index (χ3n) is 0.522. The maximum absolute atomic E-state index is 7.36. The fourth-order valence-corrected chi connectivity index (χ4v) is 1.12. The Bertz CT molecular complexity index is 109. The minimum atomic E-state index is -1.35. The van der Waals surface area contributed by atoms with E-state index in [0.29, 0.717) is 0 Å². The van der Waals surface area contributed by atoms with E-state index in [2.05, 4.69) is 0 Å². The number of rotatable bonds is 1. The standard InChI is InChI=1S/C5H13NS/c1-4-5-7(2,3)6/h4-7H,1-3H3/b5-4+. The normalized spacial score (nSPS) is 15.3. The second-order valence-electron chi connectivity index (χ2n) is 2.02. The monoisotopic (exact) mass is 119 g/mol. The van der Waals surface area contributed by atoms with Gasteiger partial charge in [0.15, 0.2) is 0 Å². The highest BCUT2D eigenvalue weighted by Crippen LogP contribution is 1.94. The highest BCUT2D eigenvalue weighted by Gasteiger charge is 1.81. The molecule has 0 fully saturated rings. The van der Waals surface area contributed by atoms with Crippen LogP contribution in [0.1, 0.15) is 6.92 Å². The van der Waals surface area contributed by atoms with Crippen molar-refractivity contribution in [2.24, 2.45) is 0 Å². The average Bonchev–Trinajstić information content (AvgIpc) is 1.30. The van der Waals surface area contributed by atoms with Crippen molar-refractivity contribution in [3.05, 3.63) is 11.5 Å². The molecule has 0 saturated carbocycles. The highest BCUT2D eigenvalue weighted by molar-refractivity contribution is 8.05. The van der Waals surface area contributed by atoms with Gasteiger partial charge in [-0.2, -0.15) is 9.82 Å². The van der Waals surface area contributed by atoms with Crippen molar-refractivity contribution < 1.29 is 0 Å². The molecule has 1 N–H and O–H groups in total. The van der Waals surface area contributed by atoms with Crippen molar-refractivity contribution in [1.29, 1.82) is 4.78 Å². The van der Waals surface area contributed by atoms with Crippen LogP contribution in [0.4, 0.5) is 0 Å². The Labute approximate surface area is 46.3 Å². The second-order valence-corrected chi connectivity index (χ2v) is 5.40. The Morgan fingerprint density at radius 1 is 1.43 bits per heavy atom. The van der Waals surface area contributed by atoms with Gasteiger partial charge in [0.25, 0.3) is 0 Å². The summed E-state index contributed by atoms with van der Waals surface area (Å²) in [5.74, 6) is 0. The van der Waals surface area contributed by atoms with Crippen LogP contribution in [-0.4, -0.2) is 12.5 Å². The van der Waals surface area contributed by atoms with Gasteiger partial charge in [0.05, 0.1) is 0 Å². The average molecular weight is 119 g/mol. The molecule has 0 aromatic heterocycles. The van der Waals surface area contributed by atoms with Crippen LogP contribution >= 0.6 is 0 Å². The van der Waals surface area contributed by atoms with Crippen molar-refractivity contribution in [3.8, 4) is 0 Å². The van der Waals surface area contributed by atoms with E-state index in [1.54, 1.807) is 0 Å². The van der Waals surface area contributed by atoms with Crippen molar-refractivity contribution in [1.82, 2.24) is 0 Å². The summed E-state index contributed by atoms with van der Waals surface area (Å²) in [6.07, 6.45) is 5.88. The van der Waals surface area contributed by atoms with Gasteiger partial charge in [-0.1, -0.05) is 6.08 Å². The summed E-state index contributed by atoms with van der Waals surface area (Å²) in [5, 5.41) is 1.97. The molecular formula is C5H13NS. The smallest absolute Gasteiger partial charge is 0.0238 e. The Morgan fingerprint density at radius 2 is 1.86 bits per heavy atom. The third kappa shape index (κ3) is 5.89. The summed E-state index contributed by atoms with van der Waals surface area (Å²) in [4.78, 5) is 0. The summed E-state index contributed by atoms with van der Waals surface area (Å²) in [6, 6.07) is 0. The van der Waals surface area contributed by atoms with Gasteiger partial charge in [-0.05, 0) is 24.8 Å². The molecule has 0 rings (SSSR count). The van der Waals surface area contributed by atoms with E-state index in [9.17, 15) is 0 Å². The Morgan fingerprint density at radius 3 is 1.86 bits per heavy atom. The number of hydrogen-bond acceptors (Lipinski definition) is 1. The maximum atomic E-state index is 7.36. The molecule has 0 aromatic rings. The van der Waals surface area contributed by atoms with Crippen molar-refractivity contribution >= 4 is 9.82 Å². The molecule has 0 spiro atoms. The molecule has 1 nitrogen and oxygen atoms in total. The Balaban J connectivity index is 3.82. The van der Waals surface area contributed by atoms with Gasteiger partial charge in [0, 0.05) is 0 Å². The minimum absolute atomic E-state index is 1.35. The molecule has 0 aromatic carbocycles. The lowest BCUT2D eigenvalue weighted by Crippen LogP contribution is -1.95. The molecule has 0 aliphatic carbocycles. The van der Waals surface area contributed by atoms with Gasteiger partial charge >= 0.3 is 0 Å². The lowest BCUT2D eigenvalue weighted by atomic mass is 10.8. The zero-order valence-corrected chi connectivity index (χ0v) is 6.00. The first kappa shape index (κ1) is 6.89. The zero-order valence-electron chi connectivity index (χ0n) is 5.10. The summed E-state index contributed by atoms with van der Waals surface area (Å²) in [7, 11) is -1.35. The predicted octanol–water partition coefficient (Wildman–Crippen LogP) is 1.43. The van der Waals surface area contributed by atoms with Crippen LogP contribution in [0.2, 0.25) is 0 Å². The van der Waals surface area contributed by atoms with E-state index >= 15 is 0 Å². The maximum Gasteiger partial charge on any atom is -0.0238 e. The van der Waals surface area contributed by atoms with E-state index in [1.165, 1.54) is 0 Å². The fraction of sp³-hybridized carbons (Fsp3) is 0.600. The summed E-state index contributed by atoms with van der Waals surface area (Å²) in [6.45, 7) is 1.95. The molecule has 0 radical (unpaired) electrons. The molecule has 0 aliphatic heterocycles. The second kappa shape index (κ2) is 2.26. The molecule has 0 unspecified atom stereocenters. The molecule has 0 aliphatic rings. The van der Waals surface area contributed by atoms with Crippen LogP contribution in [-0.2, 0) is 9.82 Å². The number of hydrogen-bond donors (Lipinski definition) is 2. The van der Waals surface area contributed by atoms with Crippen LogP contribution in [0.25, 0.3) is 0 Å². The van der Waals surface area contributed by atoms with Gasteiger partial charge in [-0.25, -0.2) is 0 Å². The first-order chi connectivity index (χ1) is 3.06. The molecule has 7 heavy (non-hydrogen) atoms.